The highest BCUT2D eigenvalue weighted by Crippen LogP contribution is 2.26. The molecule has 0 spiro atoms. The second kappa shape index (κ2) is 8.12. The predicted octanol–water partition coefficient (Wildman–Crippen LogP) is 2.34. The Morgan fingerprint density at radius 3 is 2.50 bits per heavy atom. The zero-order valence-electron chi connectivity index (χ0n) is 15.6. The van der Waals surface area contributed by atoms with Gasteiger partial charge in [-0.25, -0.2) is 0 Å². The maximum absolute atomic E-state index is 12.8. The first kappa shape index (κ1) is 20.0. The number of nitrogens with one attached hydrogen (secondary N) is 1. The summed E-state index contributed by atoms with van der Waals surface area (Å²) in [4.78, 5) is 41.1. The summed E-state index contributed by atoms with van der Waals surface area (Å²) in [6, 6.07) is 14.3. The molecule has 2 heterocycles. The van der Waals surface area contributed by atoms with Gasteiger partial charge in [-0.3, -0.25) is 19.3 Å². The Hall–Kier alpha value is -2.70. The molecule has 4 rings (SSSR count). The smallest absolute Gasteiger partial charge is 0.261 e. The molecule has 0 aliphatic carbocycles. The van der Waals surface area contributed by atoms with Gasteiger partial charge < -0.3 is 10.2 Å². The van der Waals surface area contributed by atoms with Crippen LogP contribution in [0, 0.1) is 0 Å². The summed E-state index contributed by atoms with van der Waals surface area (Å²) in [5.74, 6) is -0.793. The largest absolute Gasteiger partial charge is 0.337 e. The average Bonchev–Trinajstić information content (AvgIpc) is 3.31. The summed E-state index contributed by atoms with van der Waals surface area (Å²) < 4.78 is 0. The Morgan fingerprint density at radius 2 is 1.82 bits per heavy atom. The van der Waals surface area contributed by atoms with E-state index in [1.165, 1.54) is 4.90 Å². The number of imide groups is 1. The number of halogens is 1. The number of benzene rings is 2. The fourth-order valence-electron chi connectivity index (χ4n) is 3.67. The third-order valence-corrected chi connectivity index (χ3v) is 5.30. The molecule has 0 bridgehead atoms. The molecule has 1 fully saturated rings. The molecule has 6 nitrogen and oxygen atoms in total. The molecule has 2 aromatic carbocycles. The molecule has 2 aromatic rings. The lowest BCUT2D eigenvalue weighted by Gasteiger charge is -2.23. The lowest BCUT2D eigenvalue weighted by Crippen LogP contribution is -2.38. The second-order valence-electron chi connectivity index (χ2n) is 7.01. The molecule has 2 aliphatic rings. The number of amides is 3. The van der Waals surface area contributed by atoms with E-state index in [9.17, 15) is 14.4 Å². The molecule has 3 amide bonds. The van der Waals surface area contributed by atoms with Gasteiger partial charge in [-0.1, -0.05) is 30.3 Å². The molecule has 1 N–H and O–H groups in total. The van der Waals surface area contributed by atoms with E-state index in [2.05, 4.69) is 5.32 Å². The van der Waals surface area contributed by atoms with E-state index in [4.69, 9.17) is 0 Å². The van der Waals surface area contributed by atoms with Crippen molar-refractivity contribution in [3.8, 4) is 0 Å². The van der Waals surface area contributed by atoms with Crippen LogP contribution >= 0.6 is 12.4 Å². The summed E-state index contributed by atoms with van der Waals surface area (Å²) in [5.41, 5.74) is 1.99. The Kier molecular flexibility index (Phi) is 5.82. The molecule has 7 heteroatoms. The van der Waals surface area contributed by atoms with E-state index < -0.39 is 0 Å². The van der Waals surface area contributed by atoms with Crippen LogP contribution in [0.15, 0.2) is 48.5 Å². The minimum atomic E-state index is -0.348. The fraction of sp³-hybridized carbons (Fsp3) is 0.286. The van der Waals surface area contributed by atoms with Crippen molar-refractivity contribution in [2.45, 2.75) is 19.0 Å². The van der Waals surface area contributed by atoms with Gasteiger partial charge in [0.05, 0.1) is 17.7 Å². The maximum Gasteiger partial charge on any atom is 0.261 e. The van der Waals surface area contributed by atoms with Crippen molar-refractivity contribution in [3.05, 3.63) is 70.8 Å². The van der Waals surface area contributed by atoms with Gasteiger partial charge in [0.25, 0.3) is 17.7 Å². The zero-order chi connectivity index (χ0) is 19.0. The number of likely N-dealkylation sites (N-methyl/N-ethyl adjacent to an activating group) is 1. The summed E-state index contributed by atoms with van der Waals surface area (Å²) in [5, 5.41) is 3.24. The Labute approximate surface area is 169 Å². The molecule has 1 unspecified atom stereocenters. The highest BCUT2D eigenvalue weighted by atomic mass is 35.5. The number of hydrogen-bond acceptors (Lipinski definition) is 4. The van der Waals surface area contributed by atoms with Crippen LogP contribution in [0.5, 0.6) is 0 Å². The van der Waals surface area contributed by atoms with E-state index in [0.29, 0.717) is 16.7 Å². The minimum Gasteiger partial charge on any atom is -0.337 e. The first-order valence-corrected chi connectivity index (χ1v) is 9.08. The highest BCUT2D eigenvalue weighted by Gasteiger charge is 2.36. The molecule has 1 saturated heterocycles. The molecular formula is C21H22ClN3O3. The van der Waals surface area contributed by atoms with Crippen LogP contribution in [0.4, 0.5) is 0 Å². The van der Waals surface area contributed by atoms with E-state index in [1.807, 2.05) is 30.3 Å². The molecule has 0 radical (unpaired) electrons. The summed E-state index contributed by atoms with van der Waals surface area (Å²) >= 11 is 0. The topological polar surface area (TPSA) is 69.7 Å². The third-order valence-electron chi connectivity index (χ3n) is 5.30. The molecule has 28 heavy (non-hydrogen) atoms. The van der Waals surface area contributed by atoms with Gasteiger partial charge in [-0.15, -0.1) is 12.4 Å². The van der Waals surface area contributed by atoms with Crippen molar-refractivity contribution in [2.75, 3.05) is 20.1 Å². The van der Waals surface area contributed by atoms with Crippen molar-refractivity contribution in [1.82, 2.24) is 15.1 Å². The number of rotatable bonds is 4. The van der Waals surface area contributed by atoms with Crippen molar-refractivity contribution >= 4 is 30.1 Å². The normalized spacial score (nSPS) is 18.0. The number of hydrogen-bond donors (Lipinski definition) is 1. The predicted molar refractivity (Wildman–Crippen MR) is 108 cm³/mol. The van der Waals surface area contributed by atoms with Gasteiger partial charge >= 0.3 is 0 Å². The van der Waals surface area contributed by atoms with Crippen molar-refractivity contribution in [3.63, 3.8) is 0 Å². The van der Waals surface area contributed by atoms with Crippen LogP contribution in [-0.2, 0) is 6.54 Å². The van der Waals surface area contributed by atoms with Crippen LogP contribution in [0.25, 0.3) is 0 Å². The lowest BCUT2D eigenvalue weighted by molar-refractivity contribution is 0.0642. The minimum absolute atomic E-state index is 0. The van der Waals surface area contributed by atoms with E-state index in [0.717, 1.165) is 25.1 Å². The fourth-order valence-corrected chi connectivity index (χ4v) is 3.67. The molecular weight excluding hydrogens is 378 g/mol. The molecule has 1 atom stereocenters. The van der Waals surface area contributed by atoms with Crippen molar-refractivity contribution in [2.24, 2.45) is 0 Å². The van der Waals surface area contributed by atoms with Crippen LogP contribution in [-0.4, -0.2) is 53.7 Å². The molecule has 2 aliphatic heterocycles. The number of carbonyl (C=O) groups is 3. The lowest BCUT2D eigenvalue weighted by atomic mass is 10.0. The number of fused-ring (bicyclic) bond motifs is 1. The Bertz CT molecular complexity index is 910. The first-order chi connectivity index (χ1) is 13.1. The van der Waals surface area contributed by atoms with Crippen LogP contribution in [0.1, 0.15) is 43.1 Å². The third kappa shape index (κ3) is 3.53. The zero-order valence-corrected chi connectivity index (χ0v) is 16.4. The van der Waals surface area contributed by atoms with Gasteiger partial charge in [0.2, 0.25) is 0 Å². The van der Waals surface area contributed by atoms with Crippen molar-refractivity contribution < 1.29 is 14.4 Å². The summed E-state index contributed by atoms with van der Waals surface area (Å²) in [7, 11) is 1.78. The van der Waals surface area contributed by atoms with Gasteiger partial charge in [0.1, 0.15) is 0 Å². The number of carbonyl (C=O) groups excluding carboxylic acids is 3. The highest BCUT2D eigenvalue weighted by molar-refractivity contribution is 6.22. The van der Waals surface area contributed by atoms with Crippen LogP contribution in [0.2, 0.25) is 0 Å². The average molecular weight is 400 g/mol. The summed E-state index contributed by atoms with van der Waals surface area (Å²) in [6.07, 6.45) is 0.912. The number of nitrogens with zero attached hydrogens (tertiary/aromatic N) is 2. The van der Waals surface area contributed by atoms with Crippen LogP contribution < -0.4 is 5.32 Å². The van der Waals surface area contributed by atoms with Crippen molar-refractivity contribution in [1.29, 1.82) is 0 Å². The van der Waals surface area contributed by atoms with Gasteiger partial charge in [0, 0.05) is 25.2 Å². The first-order valence-electron chi connectivity index (χ1n) is 9.08. The second-order valence-corrected chi connectivity index (χ2v) is 7.01. The van der Waals surface area contributed by atoms with E-state index in [1.54, 1.807) is 30.1 Å². The van der Waals surface area contributed by atoms with Gasteiger partial charge in [-0.05, 0) is 36.7 Å². The molecule has 0 saturated carbocycles. The summed E-state index contributed by atoms with van der Waals surface area (Å²) in [6.45, 7) is 1.90. The Balaban J connectivity index is 0.00000225. The molecule has 146 valence electrons. The van der Waals surface area contributed by atoms with Gasteiger partial charge in [-0.2, -0.15) is 0 Å². The SMILES string of the molecule is CN(C(=O)c1ccc2c(c1)C(=O)N(Cc1ccccc1)C2=O)C1CCNC1.Cl. The maximum atomic E-state index is 12.8. The monoisotopic (exact) mass is 399 g/mol. The van der Waals surface area contributed by atoms with E-state index in [-0.39, 0.29) is 42.7 Å². The standard InChI is InChI=1S/C21H21N3O3.ClH/c1-23(16-9-10-22-12-16)19(25)15-7-8-17-18(11-15)21(27)24(20(17)26)13-14-5-3-2-4-6-14;/h2-8,11,16,22H,9-10,12-13H2,1H3;1H. The Morgan fingerprint density at radius 1 is 1.11 bits per heavy atom. The van der Waals surface area contributed by atoms with Gasteiger partial charge in [0.15, 0.2) is 0 Å². The van der Waals surface area contributed by atoms with E-state index >= 15 is 0 Å². The quantitative estimate of drug-likeness (QED) is 0.801. The van der Waals surface area contributed by atoms with Crippen LogP contribution in [0.3, 0.4) is 0 Å². The molecule has 0 aromatic heterocycles.